The minimum Gasteiger partial charge on any atom is -0.508 e. The number of alkyl halides is 2. The molecule has 1 aliphatic rings. The van der Waals surface area contributed by atoms with Crippen LogP contribution >= 0.6 is 27.5 Å². The molecule has 2 amide bonds. The summed E-state index contributed by atoms with van der Waals surface area (Å²) in [7, 11) is 0. The van der Waals surface area contributed by atoms with Gasteiger partial charge in [-0.3, -0.25) is 14.4 Å². The van der Waals surface area contributed by atoms with E-state index in [1.807, 2.05) is 0 Å². The molecule has 11 nitrogen and oxygen atoms in total. The van der Waals surface area contributed by atoms with E-state index in [-0.39, 0.29) is 56.8 Å². The van der Waals surface area contributed by atoms with E-state index in [9.17, 15) is 33.4 Å². The molecule has 0 saturated heterocycles. The van der Waals surface area contributed by atoms with Crippen LogP contribution in [0, 0.1) is 0 Å². The number of esters is 1. The molecule has 2 aromatic rings. The van der Waals surface area contributed by atoms with E-state index in [0.29, 0.717) is 0 Å². The zero-order chi connectivity index (χ0) is 28.7. The highest BCUT2D eigenvalue weighted by Crippen LogP contribution is 2.36. The Morgan fingerprint density at radius 3 is 2.64 bits per heavy atom. The SMILES string of the molecule is CCOC(=O)CC(NC(=O)CNC(=O)c1cc(O)cc(NC2=NCC(F)(F)CN2)c1)c1cc(Cl)cc(Br)c1O. The quantitative estimate of drug-likeness (QED) is 0.230. The molecular formula is C24H25BrClF2N5O6. The van der Waals surface area contributed by atoms with Crippen LogP contribution in [0.3, 0.4) is 0 Å². The number of guanidine groups is 1. The Balaban J connectivity index is 1.67. The molecule has 39 heavy (non-hydrogen) atoms. The molecule has 1 heterocycles. The van der Waals surface area contributed by atoms with Crippen molar-refractivity contribution in [1.82, 2.24) is 16.0 Å². The number of ether oxygens (including phenoxy) is 1. The predicted octanol–water partition coefficient (Wildman–Crippen LogP) is 3.06. The molecule has 2 aromatic carbocycles. The van der Waals surface area contributed by atoms with E-state index < -0.39 is 49.4 Å². The van der Waals surface area contributed by atoms with Crippen molar-refractivity contribution in [2.24, 2.45) is 4.99 Å². The van der Waals surface area contributed by atoms with Gasteiger partial charge in [-0.2, -0.15) is 0 Å². The third-order valence-electron chi connectivity index (χ3n) is 5.28. The van der Waals surface area contributed by atoms with E-state index in [1.165, 1.54) is 24.3 Å². The van der Waals surface area contributed by atoms with Crippen LogP contribution in [0.15, 0.2) is 39.8 Å². The third-order valence-corrected chi connectivity index (χ3v) is 6.10. The molecule has 0 fully saturated rings. The number of hydrogen-bond acceptors (Lipinski definition) is 9. The first-order valence-corrected chi connectivity index (χ1v) is 12.7. The van der Waals surface area contributed by atoms with Crippen LogP contribution in [-0.2, 0) is 14.3 Å². The minimum atomic E-state index is -2.98. The zero-order valence-electron chi connectivity index (χ0n) is 20.5. The second-order valence-electron chi connectivity index (χ2n) is 8.41. The number of benzene rings is 2. The van der Waals surface area contributed by atoms with Gasteiger partial charge in [0.25, 0.3) is 11.8 Å². The summed E-state index contributed by atoms with van der Waals surface area (Å²) >= 11 is 9.23. The first-order valence-electron chi connectivity index (χ1n) is 11.5. The molecule has 0 bridgehead atoms. The maximum Gasteiger partial charge on any atom is 0.308 e. The number of phenolic OH excluding ortho intramolecular Hbond substituents is 2. The number of carbonyl (C=O) groups excluding carboxylic acids is 3. The smallest absolute Gasteiger partial charge is 0.308 e. The maximum absolute atomic E-state index is 13.3. The maximum atomic E-state index is 13.3. The highest BCUT2D eigenvalue weighted by atomic mass is 79.9. The van der Waals surface area contributed by atoms with Gasteiger partial charge in [0.2, 0.25) is 5.91 Å². The Hall–Kier alpha value is -3.65. The van der Waals surface area contributed by atoms with Crippen molar-refractivity contribution in [2.75, 3.05) is 31.6 Å². The van der Waals surface area contributed by atoms with Crippen LogP contribution in [0.5, 0.6) is 11.5 Å². The number of rotatable bonds is 9. The summed E-state index contributed by atoms with van der Waals surface area (Å²) in [5.74, 6) is -5.54. The Bertz CT molecular complexity index is 1300. The van der Waals surface area contributed by atoms with E-state index in [0.717, 1.165) is 6.07 Å². The Morgan fingerprint density at radius 1 is 1.23 bits per heavy atom. The van der Waals surface area contributed by atoms with Crippen LogP contribution in [0.2, 0.25) is 5.02 Å². The van der Waals surface area contributed by atoms with Gasteiger partial charge in [0.1, 0.15) is 18.0 Å². The molecule has 0 aliphatic carbocycles. The first-order chi connectivity index (χ1) is 18.4. The Morgan fingerprint density at radius 2 is 1.97 bits per heavy atom. The van der Waals surface area contributed by atoms with Crippen LogP contribution < -0.4 is 21.3 Å². The van der Waals surface area contributed by atoms with Gasteiger partial charge in [-0.05, 0) is 47.1 Å². The molecule has 1 unspecified atom stereocenters. The van der Waals surface area contributed by atoms with Gasteiger partial charge in [0, 0.05) is 27.9 Å². The second-order valence-corrected chi connectivity index (χ2v) is 9.70. The highest BCUT2D eigenvalue weighted by molar-refractivity contribution is 9.10. The number of anilines is 1. The fraction of sp³-hybridized carbons (Fsp3) is 0.333. The number of amides is 2. The normalized spacial score (nSPS) is 14.8. The molecule has 0 spiro atoms. The van der Waals surface area contributed by atoms with Crippen LogP contribution in [-0.4, -0.2) is 66.1 Å². The number of aromatic hydroxyl groups is 2. The average molecular weight is 633 g/mol. The number of aliphatic imine (C=N–C) groups is 1. The number of halogens is 4. The van der Waals surface area contributed by atoms with Crippen molar-refractivity contribution in [2.45, 2.75) is 25.3 Å². The van der Waals surface area contributed by atoms with Crippen LogP contribution in [0.4, 0.5) is 14.5 Å². The lowest BCUT2D eigenvalue weighted by molar-refractivity contribution is -0.143. The number of carbonyl (C=O) groups is 3. The second kappa shape index (κ2) is 12.9. The predicted molar refractivity (Wildman–Crippen MR) is 142 cm³/mol. The van der Waals surface area contributed by atoms with Gasteiger partial charge in [0.15, 0.2) is 5.96 Å². The summed E-state index contributed by atoms with van der Waals surface area (Å²) in [6.07, 6.45) is -0.320. The summed E-state index contributed by atoms with van der Waals surface area (Å²) in [4.78, 5) is 41.2. The molecule has 210 valence electrons. The molecule has 15 heteroatoms. The first kappa shape index (κ1) is 29.9. The van der Waals surface area contributed by atoms with Gasteiger partial charge in [-0.25, -0.2) is 13.8 Å². The fourth-order valence-corrected chi connectivity index (χ4v) is 4.37. The largest absolute Gasteiger partial charge is 0.508 e. The third kappa shape index (κ3) is 8.68. The van der Waals surface area contributed by atoms with Gasteiger partial charge in [-0.15, -0.1) is 0 Å². The van der Waals surface area contributed by atoms with Crippen molar-refractivity contribution >= 4 is 57.0 Å². The Kier molecular flexibility index (Phi) is 9.92. The molecule has 6 N–H and O–H groups in total. The summed E-state index contributed by atoms with van der Waals surface area (Å²) in [5.41, 5.74) is 0.312. The highest BCUT2D eigenvalue weighted by Gasteiger charge is 2.32. The van der Waals surface area contributed by atoms with Crippen molar-refractivity contribution in [3.05, 3.63) is 51.0 Å². The molecule has 3 rings (SSSR count). The fourth-order valence-electron chi connectivity index (χ4n) is 3.54. The van der Waals surface area contributed by atoms with Crippen molar-refractivity contribution in [3.8, 4) is 11.5 Å². The topological polar surface area (TPSA) is 161 Å². The van der Waals surface area contributed by atoms with E-state index in [4.69, 9.17) is 16.3 Å². The standard InChI is InChI=1S/C24H25BrClF2N5O6/c1-2-39-20(36)8-18(16-5-13(26)6-17(25)21(16)37)33-19(35)9-29-22(38)12-3-14(7-15(34)4-12)32-23-30-10-24(27,28)11-31-23/h3-7,18,34,37H,2,8-11H2,1H3,(H,29,38)(H,33,35)(H2,30,31,32). The van der Waals surface area contributed by atoms with E-state index in [1.54, 1.807) is 6.92 Å². The lowest BCUT2D eigenvalue weighted by Gasteiger charge is -2.23. The average Bonchev–Trinajstić information content (AvgIpc) is 2.85. The van der Waals surface area contributed by atoms with Crippen molar-refractivity contribution in [3.63, 3.8) is 0 Å². The number of phenols is 2. The molecule has 1 atom stereocenters. The summed E-state index contributed by atoms with van der Waals surface area (Å²) < 4.78 is 31.7. The lowest BCUT2D eigenvalue weighted by atomic mass is 10.0. The molecule has 1 aliphatic heterocycles. The van der Waals surface area contributed by atoms with E-state index >= 15 is 0 Å². The molecule has 0 radical (unpaired) electrons. The van der Waals surface area contributed by atoms with Crippen LogP contribution in [0.25, 0.3) is 0 Å². The molecular weight excluding hydrogens is 608 g/mol. The molecule has 0 saturated carbocycles. The van der Waals surface area contributed by atoms with Crippen molar-refractivity contribution < 1.29 is 38.1 Å². The van der Waals surface area contributed by atoms with Gasteiger partial charge < -0.3 is 36.2 Å². The van der Waals surface area contributed by atoms with E-state index in [2.05, 4.69) is 42.2 Å². The minimum absolute atomic E-state index is 0.0356. The van der Waals surface area contributed by atoms with Crippen molar-refractivity contribution in [1.29, 1.82) is 0 Å². The lowest BCUT2D eigenvalue weighted by Crippen LogP contribution is -2.46. The van der Waals surface area contributed by atoms with Gasteiger partial charge in [0.05, 0.1) is 36.6 Å². The number of nitrogens with one attached hydrogen (secondary N) is 4. The number of nitrogens with zero attached hydrogens (tertiary/aromatic N) is 1. The van der Waals surface area contributed by atoms with Gasteiger partial charge >= 0.3 is 5.97 Å². The monoisotopic (exact) mass is 631 g/mol. The number of hydrogen-bond donors (Lipinski definition) is 6. The zero-order valence-corrected chi connectivity index (χ0v) is 22.8. The summed E-state index contributed by atoms with van der Waals surface area (Å²) in [6.45, 7) is -0.139. The Labute approximate surface area is 235 Å². The summed E-state index contributed by atoms with van der Waals surface area (Å²) in [5, 5.41) is 30.8. The summed E-state index contributed by atoms with van der Waals surface area (Å²) in [6, 6.07) is 5.53. The van der Waals surface area contributed by atoms with Crippen LogP contribution in [0.1, 0.15) is 35.3 Å². The van der Waals surface area contributed by atoms with Gasteiger partial charge in [-0.1, -0.05) is 11.6 Å². The molecule has 0 aromatic heterocycles.